The Kier molecular flexibility index (Phi) is 12.0. The van der Waals surface area contributed by atoms with E-state index in [0.717, 1.165) is 62.8 Å². The van der Waals surface area contributed by atoms with Crippen molar-refractivity contribution in [2.24, 2.45) is 0 Å². The molecule has 0 unspecified atom stereocenters. The van der Waals surface area contributed by atoms with E-state index in [9.17, 15) is 14.4 Å². The normalized spacial score (nSPS) is 11.1. The zero-order chi connectivity index (χ0) is 36.9. The summed E-state index contributed by atoms with van der Waals surface area (Å²) in [6.07, 6.45) is 0. The lowest BCUT2D eigenvalue weighted by molar-refractivity contribution is 0.100. The molecule has 7 heteroatoms. The summed E-state index contributed by atoms with van der Waals surface area (Å²) in [4.78, 5) is 46.2. The predicted molar refractivity (Wildman–Crippen MR) is 217 cm³/mol. The molecule has 0 aliphatic rings. The summed E-state index contributed by atoms with van der Waals surface area (Å²) >= 11 is 5.09. The number of rotatable bonds is 12. The molecule has 0 bridgehead atoms. The van der Waals surface area contributed by atoms with Gasteiger partial charge in [-0.25, -0.2) is 0 Å². The maximum absolute atomic E-state index is 11.9. The van der Waals surface area contributed by atoms with Gasteiger partial charge in [-0.2, -0.15) is 0 Å². The van der Waals surface area contributed by atoms with Gasteiger partial charge in [0.05, 0.1) is 10.9 Å². The molecular formula is C45H39O3S4+. The highest BCUT2D eigenvalue weighted by atomic mass is 32.2. The Balaban J connectivity index is 1.27. The topological polar surface area (TPSA) is 51.2 Å². The second-order valence-electron chi connectivity index (χ2n) is 12.6. The first kappa shape index (κ1) is 37.5. The molecule has 6 aromatic rings. The van der Waals surface area contributed by atoms with Crippen molar-refractivity contribution < 1.29 is 14.4 Å². The zero-order valence-corrected chi connectivity index (χ0v) is 33.2. The van der Waals surface area contributed by atoms with Crippen LogP contribution in [0.2, 0.25) is 0 Å². The van der Waals surface area contributed by atoms with Gasteiger partial charge >= 0.3 is 0 Å². The molecule has 0 aromatic heterocycles. The van der Waals surface area contributed by atoms with Gasteiger partial charge in [0.2, 0.25) is 0 Å². The number of carbonyl (C=O) groups excluding carboxylic acids is 3. The summed E-state index contributed by atoms with van der Waals surface area (Å²) in [5.41, 5.74) is 5.26. The van der Waals surface area contributed by atoms with Crippen molar-refractivity contribution in [3.05, 3.63) is 161 Å². The van der Waals surface area contributed by atoms with Gasteiger partial charge in [0.1, 0.15) is 0 Å². The Morgan fingerprint density at radius 1 is 0.365 bits per heavy atom. The molecular weight excluding hydrogens is 717 g/mol. The summed E-state index contributed by atoms with van der Waals surface area (Å²) < 4.78 is 0. The number of hydrogen-bond acceptors (Lipinski definition) is 6. The van der Waals surface area contributed by atoms with E-state index in [1.807, 2.05) is 57.2 Å². The summed E-state index contributed by atoms with van der Waals surface area (Å²) in [6.45, 7) is 10.8. The van der Waals surface area contributed by atoms with Crippen molar-refractivity contribution in [3.8, 4) is 0 Å². The minimum Gasteiger partial charge on any atom is -0.295 e. The van der Waals surface area contributed by atoms with Crippen molar-refractivity contribution in [3.63, 3.8) is 0 Å². The van der Waals surface area contributed by atoms with E-state index in [-0.39, 0.29) is 28.2 Å². The van der Waals surface area contributed by atoms with Crippen LogP contribution in [0.1, 0.15) is 68.5 Å². The van der Waals surface area contributed by atoms with Crippen molar-refractivity contribution in [2.45, 2.75) is 85.6 Å². The van der Waals surface area contributed by atoms with E-state index < -0.39 is 0 Å². The average Bonchev–Trinajstić information content (AvgIpc) is 3.10. The van der Waals surface area contributed by atoms with E-state index in [0.29, 0.717) is 0 Å². The molecule has 0 heterocycles. The molecule has 0 spiro atoms. The zero-order valence-electron chi connectivity index (χ0n) is 30.0. The molecule has 0 aliphatic heterocycles. The second kappa shape index (κ2) is 16.6. The second-order valence-corrected chi connectivity index (χ2v) is 18.1. The molecule has 0 saturated carbocycles. The number of hydrogen-bond donors (Lipinski definition) is 0. The molecule has 3 nitrogen and oxygen atoms in total. The van der Waals surface area contributed by atoms with Gasteiger partial charge in [-0.05, 0) is 167 Å². The summed E-state index contributed by atoms with van der Waals surface area (Å²) in [7, 11) is -0.355. The van der Waals surface area contributed by atoms with Gasteiger partial charge in [-0.1, -0.05) is 53.5 Å². The first-order chi connectivity index (χ1) is 24.9. The third kappa shape index (κ3) is 9.02. The molecule has 0 saturated heterocycles. The van der Waals surface area contributed by atoms with Crippen LogP contribution in [-0.2, 0) is 10.9 Å². The van der Waals surface area contributed by atoms with E-state index in [2.05, 4.69) is 91.0 Å². The fourth-order valence-electron chi connectivity index (χ4n) is 6.03. The van der Waals surface area contributed by atoms with Crippen LogP contribution in [0.15, 0.2) is 171 Å². The van der Waals surface area contributed by atoms with E-state index in [4.69, 9.17) is 0 Å². The maximum Gasteiger partial charge on any atom is 0.166 e. The standard InChI is InChI=1S/C45H39O3S4/c1-28-25-37(13-22-43(28)31(4)46)49-34-7-16-40(17-8-34)52(41-18-9-35(10-19-41)50-38-14-23-44(32(5)47)29(2)26-38)42-20-11-36(12-21-42)51-39-15-24-45(33(6)48)30(3)27-39/h7-27H,1-6H3/q+1. The number of Topliss-reactive ketones (excluding diaryl/α,β-unsaturated/α-hetero) is 3. The molecule has 6 aromatic carbocycles. The number of benzene rings is 6. The largest absolute Gasteiger partial charge is 0.295 e. The van der Waals surface area contributed by atoms with Gasteiger partial charge in [0.15, 0.2) is 32.0 Å². The Labute approximate surface area is 322 Å². The van der Waals surface area contributed by atoms with Crippen molar-refractivity contribution in [1.29, 1.82) is 0 Å². The molecule has 260 valence electrons. The minimum absolute atomic E-state index is 0.0838. The van der Waals surface area contributed by atoms with Crippen LogP contribution < -0.4 is 0 Å². The molecule has 0 N–H and O–H groups in total. The SMILES string of the molecule is CC(=O)c1ccc(Sc2ccc([S+](c3ccc(Sc4ccc(C(C)=O)c(C)c4)cc3)c3ccc(Sc4ccc(C(C)=O)c(C)c4)cc3)cc2)cc1C. The van der Waals surface area contributed by atoms with Crippen LogP contribution in [0, 0.1) is 20.8 Å². The molecule has 52 heavy (non-hydrogen) atoms. The van der Waals surface area contributed by atoms with Crippen LogP contribution in [0.3, 0.4) is 0 Å². The van der Waals surface area contributed by atoms with Gasteiger partial charge in [-0.3, -0.25) is 14.4 Å². The van der Waals surface area contributed by atoms with Crippen LogP contribution >= 0.6 is 35.3 Å². The highest BCUT2D eigenvalue weighted by Gasteiger charge is 2.29. The lowest BCUT2D eigenvalue weighted by Crippen LogP contribution is -2.04. The van der Waals surface area contributed by atoms with Gasteiger partial charge in [0.25, 0.3) is 0 Å². The van der Waals surface area contributed by atoms with Crippen LogP contribution in [0.25, 0.3) is 0 Å². The van der Waals surface area contributed by atoms with Crippen LogP contribution in [0.5, 0.6) is 0 Å². The van der Waals surface area contributed by atoms with Gasteiger partial charge in [-0.15, -0.1) is 0 Å². The van der Waals surface area contributed by atoms with Crippen molar-refractivity contribution in [2.75, 3.05) is 0 Å². The maximum atomic E-state index is 11.9. The molecule has 0 radical (unpaired) electrons. The fourth-order valence-corrected chi connectivity index (χ4v) is 10.8. The average molecular weight is 756 g/mol. The van der Waals surface area contributed by atoms with Crippen molar-refractivity contribution in [1.82, 2.24) is 0 Å². The third-order valence-corrected chi connectivity index (χ3v) is 13.8. The smallest absolute Gasteiger partial charge is 0.166 e. The van der Waals surface area contributed by atoms with E-state index >= 15 is 0 Å². The Morgan fingerprint density at radius 3 is 0.808 bits per heavy atom. The molecule has 6 rings (SSSR count). The van der Waals surface area contributed by atoms with Crippen LogP contribution in [0.4, 0.5) is 0 Å². The monoisotopic (exact) mass is 755 g/mol. The Bertz CT molecular complexity index is 2020. The summed E-state index contributed by atoms with van der Waals surface area (Å²) in [5, 5.41) is 0. The minimum atomic E-state index is -0.355. The summed E-state index contributed by atoms with van der Waals surface area (Å²) in [6, 6.07) is 44.5. The summed E-state index contributed by atoms with van der Waals surface area (Å²) in [5.74, 6) is 0.251. The number of carbonyl (C=O) groups is 3. The first-order valence-corrected chi connectivity index (χ1v) is 20.6. The fraction of sp³-hybridized carbons (Fsp3) is 0.133. The van der Waals surface area contributed by atoms with Gasteiger partial charge < -0.3 is 0 Å². The third-order valence-electron chi connectivity index (χ3n) is 8.62. The molecule has 0 atom stereocenters. The van der Waals surface area contributed by atoms with E-state index in [1.165, 1.54) is 14.7 Å². The molecule has 0 fully saturated rings. The first-order valence-electron chi connectivity index (χ1n) is 16.9. The Hall–Kier alpha value is -4.27. The number of aryl methyl sites for hydroxylation is 3. The quantitative estimate of drug-likeness (QED) is 0.0916. The predicted octanol–water partition coefficient (Wildman–Crippen LogP) is 12.8. The van der Waals surface area contributed by atoms with E-state index in [1.54, 1.807) is 56.1 Å². The molecule has 0 aliphatic carbocycles. The highest BCUT2D eigenvalue weighted by Crippen LogP contribution is 2.38. The molecule has 0 amide bonds. The Morgan fingerprint density at radius 2 is 0.596 bits per heavy atom. The lowest BCUT2D eigenvalue weighted by Gasteiger charge is -2.11. The highest BCUT2D eigenvalue weighted by molar-refractivity contribution is 8.00. The van der Waals surface area contributed by atoms with Crippen molar-refractivity contribution >= 4 is 63.5 Å². The van der Waals surface area contributed by atoms with Gasteiger partial charge in [0, 0.05) is 46.1 Å². The van der Waals surface area contributed by atoms with Crippen LogP contribution in [-0.4, -0.2) is 17.3 Å². The lowest BCUT2D eigenvalue weighted by atomic mass is 10.1. The number of ketones is 3.